The number of nitrogens with two attached hydrogens (primary N) is 1. The molecular weight excluding hydrogens is 446 g/mol. The third kappa shape index (κ3) is 5.73. The highest BCUT2D eigenvalue weighted by molar-refractivity contribution is 6.76. The third-order valence-corrected chi connectivity index (χ3v) is 9.33. The number of ether oxygens (including phenoxy) is 2. The Morgan fingerprint density at radius 1 is 1.06 bits per heavy atom. The highest BCUT2D eigenvalue weighted by Crippen LogP contribution is 2.47. The molecule has 4 rings (SSSR count). The molecule has 0 radical (unpaired) electrons. The zero-order valence-corrected chi connectivity index (χ0v) is 22.0. The van der Waals surface area contributed by atoms with E-state index in [4.69, 9.17) is 15.2 Å². The fraction of sp³-hybridized carbons (Fsp3) is 0.692. The van der Waals surface area contributed by atoms with Gasteiger partial charge >= 0.3 is 6.03 Å². The van der Waals surface area contributed by atoms with Gasteiger partial charge in [0.15, 0.2) is 0 Å². The van der Waals surface area contributed by atoms with E-state index in [1.807, 2.05) is 35.2 Å². The van der Waals surface area contributed by atoms with Crippen LogP contribution in [-0.4, -0.2) is 67.4 Å². The largest absolute Gasteiger partial charge is 0.373 e. The molecule has 34 heavy (non-hydrogen) atoms. The van der Waals surface area contributed by atoms with Gasteiger partial charge in [-0.15, -0.1) is 0 Å². The predicted molar refractivity (Wildman–Crippen MR) is 135 cm³/mol. The lowest BCUT2D eigenvalue weighted by Gasteiger charge is -2.48. The van der Waals surface area contributed by atoms with Gasteiger partial charge < -0.3 is 20.1 Å². The molecule has 1 spiro atoms. The molecule has 1 aromatic rings. The molecular formula is C26H41N3O4Si. The summed E-state index contributed by atoms with van der Waals surface area (Å²) >= 11 is 0. The van der Waals surface area contributed by atoms with Crippen LogP contribution in [0.1, 0.15) is 44.1 Å². The topological polar surface area (TPSA) is 85.1 Å². The van der Waals surface area contributed by atoms with E-state index in [2.05, 4.69) is 19.6 Å². The molecule has 188 valence electrons. The van der Waals surface area contributed by atoms with Gasteiger partial charge in [-0.05, 0) is 43.2 Å². The van der Waals surface area contributed by atoms with Crippen LogP contribution in [0.4, 0.5) is 4.79 Å². The summed E-state index contributed by atoms with van der Waals surface area (Å²) in [5.74, 6) is 0.281. The Morgan fingerprint density at radius 2 is 1.74 bits per heavy atom. The number of urea groups is 1. The highest BCUT2D eigenvalue weighted by Gasteiger charge is 2.64. The van der Waals surface area contributed by atoms with Crippen molar-refractivity contribution in [2.24, 2.45) is 11.7 Å². The third-order valence-electron chi connectivity index (χ3n) is 7.63. The molecule has 2 N–H and O–H groups in total. The van der Waals surface area contributed by atoms with E-state index in [9.17, 15) is 9.59 Å². The number of amides is 3. The zero-order chi connectivity index (χ0) is 24.3. The molecule has 0 unspecified atom stereocenters. The Labute approximate surface area is 205 Å². The Bertz CT molecular complexity index is 845. The standard InChI is InChI=1S/C26H41N3O4Si/c1-34(2,3)14-13-32-19-28-24(30)26(15-23(16-26)33-18-21-7-5-4-6-8-21)29(25(28)31)17-20-9-11-22(27)12-10-20/h4-8,20,22-23H,9-19,27H2,1-3H3. The lowest BCUT2D eigenvalue weighted by molar-refractivity contribution is -0.152. The Balaban J connectivity index is 1.40. The predicted octanol–water partition coefficient (Wildman–Crippen LogP) is 4.20. The summed E-state index contributed by atoms with van der Waals surface area (Å²) in [4.78, 5) is 30.2. The maximum absolute atomic E-state index is 13.6. The van der Waals surface area contributed by atoms with Crippen molar-refractivity contribution in [2.45, 2.75) is 88.5 Å². The average Bonchev–Trinajstić information content (AvgIpc) is 2.97. The number of carbonyl (C=O) groups excluding carboxylic acids is 2. The normalized spacial score (nSPS) is 29.7. The summed E-state index contributed by atoms with van der Waals surface area (Å²) in [7, 11) is -1.24. The van der Waals surface area contributed by atoms with E-state index in [1.165, 1.54) is 4.90 Å². The van der Waals surface area contributed by atoms with Crippen LogP contribution in [0.25, 0.3) is 0 Å². The van der Waals surface area contributed by atoms with Crippen LogP contribution in [-0.2, 0) is 20.9 Å². The van der Waals surface area contributed by atoms with Crippen LogP contribution >= 0.6 is 0 Å². The molecule has 3 aliphatic rings. The van der Waals surface area contributed by atoms with Gasteiger partial charge in [0.05, 0.1) is 12.7 Å². The van der Waals surface area contributed by atoms with Crippen molar-refractivity contribution in [3.05, 3.63) is 35.9 Å². The fourth-order valence-corrected chi connectivity index (χ4v) is 6.06. The summed E-state index contributed by atoms with van der Waals surface area (Å²) in [5.41, 5.74) is 6.43. The van der Waals surface area contributed by atoms with Gasteiger partial charge in [0, 0.05) is 40.1 Å². The Morgan fingerprint density at radius 3 is 2.38 bits per heavy atom. The molecule has 7 nitrogen and oxygen atoms in total. The Hall–Kier alpha value is -1.74. The van der Waals surface area contributed by atoms with E-state index < -0.39 is 13.6 Å². The molecule has 1 aromatic carbocycles. The van der Waals surface area contributed by atoms with Crippen molar-refractivity contribution in [1.29, 1.82) is 0 Å². The van der Waals surface area contributed by atoms with Crippen molar-refractivity contribution in [1.82, 2.24) is 9.80 Å². The maximum atomic E-state index is 13.6. The highest BCUT2D eigenvalue weighted by atomic mass is 28.3. The summed E-state index contributed by atoms with van der Waals surface area (Å²) in [6.07, 6.45) is 5.09. The monoisotopic (exact) mass is 487 g/mol. The number of nitrogens with zero attached hydrogens (tertiary/aromatic N) is 2. The smallest absolute Gasteiger partial charge is 0.329 e. The van der Waals surface area contributed by atoms with Crippen LogP contribution in [0.5, 0.6) is 0 Å². The molecule has 3 amide bonds. The molecule has 0 atom stereocenters. The maximum Gasteiger partial charge on any atom is 0.329 e. The SMILES string of the molecule is C[Si](C)(C)CCOCN1C(=O)N(CC2CCC(N)CC2)C2(CC(OCc3ccccc3)C2)C1=O. The number of carbonyl (C=O) groups is 2. The molecule has 1 aliphatic heterocycles. The molecule has 8 heteroatoms. The fourth-order valence-electron chi connectivity index (χ4n) is 5.31. The van der Waals surface area contributed by atoms with E-state index in [1.54, 1.807) is 0 Å². The van der Waals surface area contributed by atoms with Crippen molar-refractivity contribution >= 4 is 20.0 Å². The summed E-state index contributed by atoms with van der Waals surface area (Å²) in [6.45, 7) is 8.65. The lowest BCUT2D eigenvalue weighted by Crippen LogP contribution is -2.62. The van der Waals surface area contributed by atoms with Crippen molar-refractivity contribution in [3.8, 4) is 0 Å². The second kappa shape index (κ2) is 10.5. The van der Waals surface area contributed by atoms with Gasteiger partial charge in [-0.25, -0.2) is 9.69 Å². The van der Waals surface area contributed by atoms with Gasteiger partial charge in [-0.1, -0.05) is 50.0 Å². The number of hydrogen-bond acceptors (Lipinski definition) is 5. The molecule has 0 bridgehead atoms. The van der Waals surface area contributed by atoms with Crippen LogP contribution in [0, 0.1) is 5.92 Å². The molecule has 0 aromatic heterocycles. The molecule has 3 fully saturated rings. The van der Waals surface area contributed by atoms with Crippen LogP contribution in [0.3, 0.4) is 0 Å². The van der Waals surface area contributed by atoms with Crippen molar-refractivity contribution < 1.29 is 19.1 Å². The van der Waals surface area contributed by atoms with Crippen molar-refractivity contribution in [2.75, 3.05) is 19.9 Å². The Kier molecular flexibility index (Phi) is 7.81. The van der Waals surface area contributed by atoms with E-state index in [-0.39, 0.29) is 30.8 Å². The van der Waals surface area contributed by atoms with Crippen LogP contribution < -0.4 is 5.73 Å². The number of rotatable bonds is 10. The van der Waals surface area contributed by atoms with E-state index >= 15 is 0 Å². The second-order valence-corrected chi connectivity index (χ2v) is 17.2. The zero-order valence-electron chi connectivity index (χ0n) is 21.0. The minimum atomic E-state index is -1.24. The first-order valence-corrected chi connectivity index (χ1v) is 16.5. The van der Waals surface area contributed by atoms with Gasteiger partial charge in [0.2, 0.25) is 0 Å². The summed E-state index contributed by atoms with van der Waals surface area (Å²) in [5, 5.41) is 0. The molecule has 1 saturated heterocycles. The lowest BCUT2D eigenvalue weighted by atomic mass is 9.72. The number of benzene rings is 1. The average molecular weight is 488 g/mol. The van der Waals surface area contributed by atoms with Gasteiger partial charge in [0.25, 0.3) is 5.91 Å². The van der Waals surface area contributed by atoms with Crippen LogP contribution in [0.2, 0.25) is 25.7 Å². The number of hydrogen-bond donors (Lipinski definition) is 1. The second-order valence-electron chi connectivity index (χ2n) is 11.6. The first-order chi connectivity index (χ1) is 16.2. The van der Waals surface area contributed by atoms with Gasteiger partial charge in [-0.2, -0.15) is 0 Å². The summed E-state index contributed by atoms with van der Waals surface area (Å²) in [6, 6.07) is 11.1. The minimum absolute atomic E-state index is 0.0213. The first-order valence-electron chi connectivity index (χ1n) is 12.8. The molecule has 2 aliphatic carbocycles. The van der Waals surface area contributed by atoms with Crippen LogP contribution in [0.15, 0.2) is 30.3 Å². The minimum Gasteiger partial charge on any atom is -0.373 e. The van der Waals surface area contributed by atoms with Gasteiger partial charge in [0.1, 0.15) is 12.3 Å². The van der Waals surface area contributed by atoms with Crippen molar-refractivity contribution in [3.63, 3.8) is 0 Å². The first kappa shape index (κ1) is 25.4. The van der Waals surface area contributed by atoms with E-state index in [0.29, 0.717) is 38.5 Å². The van der Waals surface area contributed by atoms with Gasteiger partial charge in [-0.3, -0.25) is 4.79 Å². The van der Waals surface area contributed by atoms with E-state index in [0.717, 1.165) is 37.3 Å². The number of imide groups is 1. The molecule has 1 heterocycles. The quantitative estimate of drug-likeness (QED) is 0.304. The molecule has 2 saturated carbocycles. The summed E-state index contributed by atoms with van der Waals surface area (Å²) < 4.78 is 11.9.